The molecule has 2 unspecified atom stereocenters. The number of halogens is 5. The van der Waals surface area contributed by atoms with Crippen molar-refractivity contribution >= 4 is 33.4 Å². The van der Waals surface area contributed by atoms with E-state index in [0.717, 1.165) is 31.4 Å². The Morgan fingerprint density at radius 2 is 2.00 bits per heavy atom. The Morgan fingerprint density at radius 1 is 1.19 bits per heavy atom. The van der Waals surface area contributed by atoms with E-state index < -0.39 is 52.6 Å². The molecule has 1 aromatic carbocycles. The van der Waals surface area contributed by atoms with E-state index in [1.165, 1.54) is 19.2 Å². The second kappa shape index (κ2) is 12.9. The molecule has 4 atom stereocenters. The van der Waals surface area contributed by atoms with Gasteiger partial charge in [0.2, 0.25) is 5.88 Å². The van der Waals surface area contributed by atoms with Crippen LogP contribution in [-0.2, 0) is 12.6 Å². The average Bonchev–Trinajstić information content (AvgIpc) is 3.78. The highest BCUT2D eigenvalue weighted by molar-refractivity contribution is 6.02. The van der Waals surface area contributed by atoms with Crippen LogP contribution in [0.3, 0.4) is 0 Å². The molecular weight excluding hydrogens is 697 g/mol. The first-order valence-electron chi connectivity index (χ1n) is 17.9. The van der Waals surface area contributed by atoms with Crippen molar-refractivity contribution in [2.24, 2.45) is 0 Å². The number of anilines is 2. The van der Waals surface area contributed by atoms with Gasteiger partial charge >= 0.3 is 12.2 Å². The monoisotopic (exact) mass is 737 g/mol. The van der Waals surface area contributed by atoms with Crippen LogP contribution in [0.1, 0.15) is 74.8 Å². The Morgan fingerprint density at radius 3 is 2.77 bits per heavy atom. The lowest BCUT2D eigenvalue weighted by molar-refractivity contribution is -0.137. The minimum absolute atomic E-state index is 0.0169. The van der Waals surface area contributed by atoms with Gasteiger partial charge in [-0.15, -0.1) is 0 Å². The molecule has 3 aliphatic heterocycles. The Kier molecular flexibility index (Phi) is 8.58. The molecule has 0 saturated carbocycles. The van der Waals surface area contributed by atoms with Crippen LogP contribution in [0.4, 0.5) is 33.6 Å². The third kappa shape index (κ3) is 5.85. The molecule has 3 N–H and O–H groups in total. The summed E-state index contributed by atoms with van der Waals surface area (Å²) in [6.07, 6.45) is 0.622. The van der Waals surface area contributed by atoms with Crippen molar-refractivity contribution in [3.63, 3.8) is 0 Å². The molecule has 0 radical (unpaired) electrons. The number of benzene rings is 1. The quantitative estimate of drug-likeness (QED) is 0.157. The van der Waals surface area contributed by atoms with Gasteiger partial charge in [0.05, 0.1) is 34.9 Å². The van der Waals surface area contributed by atoms with Gasteiger partial charge in [0.1, 0.15) is 47.6 Å². The molecule has 8 rings (SSSR count). The summed E-state index contributed by atoms with van der Waals surface area (Å²) in [5.74, 6) is -0.728. The highest BCUT2D eigenvalue weighted by Crippen LogP contribution is 2.48. The van der Waals surface area contributed by atoms with Crippen LogP contribution >= 0.6 is 0 Å². The number of fused-ring (bicyclic) bond motifs is 2. The number of pyridine rings is 2. The van der Waals surface area contributed by atoms with Crippen molar-refractivity contribution < 1.29 is 31.4 Å². The summed E-state index contributed by atoms with van der Waals surface area (Å²) in [4.78, 5) is 22.3. The molecule has 11 nitrogen and oxygen atoms in total. The van der Waals surface area contributed by atoms with Crippen molar-refractivity contribution in [1.29, 1.82) is 0 Å². The summed E-state index contributed by atoms with van der Waals surface area (Å²) in [5.41, 5.74) is 5.25. The number of alkyl halides is 4. The normalized spacial score (nSPS) is 22.3. The van der Waals surface area contributed by atoms with E-state index in [-0.39, 0.29) is 64.7 Å². The maximum Gasteiger partial charge on any atom is 0.417 e. The maximum atomic E-state index is 17.3. The Hall–Kier alpha value is -4.86. The summed E-state index contributed by atoms with van der Waals surface area (Å²) < 4.78 is 88.9. The highest BCUT2D eigenvalue weighted by Gasteiger charge is 2.49. The lowest BCUT2D eigenvalue weighted by Gasteiger charge is -2.35. The number of aromatic amines is 1. The largest absolute Gasteiger partial charge is 0.475 e. The van der Waals surface area contributed by atoms with Crippen molar-refractivity contribution in [2.45, 2.75) is 89.8 Å². The number of nitrogen functional groups attached to an aromatic ring is 1. The third-order valence-corrected chi connectivity index (χ3v) is 11.0. The number of ether oxygens (including phenoxy) is 2. The van der Waals surface area contributed by atoms with Gasteiger partial charge in [-0.05, 0) is 69.8 Å². The van der Waals surface area contributed by atoms with Crippen molar-refractivity contribution in [2.75, 3.05) is 36.9 Å². The number of nitrogens with one attached hydrogen (secondary N) is 1. The molecule has 2 fully saturated rings. The molecule has 7 heterocycles. The third-order valence-electron chi connectivity index (χ3n) is 11.0. The molecule has 2 saturated heterocycles. The fraction of sp³-hybridized carbons (Fsp3) is 0.486. The Labute approximate surface area is 302 Å². The van der Waals surface area contributed by atoms with E-state index >= 15 is 4.39 Å². The van der Waals surface area contributed by atoms with Gasteiger partial charge in [-0.1, -0.05) is 13.3 Å². The minimum atomic E-state index is -4.86. The van der Waals surface area contributed by atoms with Crippen molar-refractivity contribution in [3.05, 3.63) is 52.6 Å². The van der Waals surface area contributed by atoms with Gasteiger partial charge in [-0.2, -0.15) is 28.2 Å². The fourth-order valence-corrected chi connectivity index (χ4v) is 8.61. The lowest BCUT2D eigenvalue weighted by Crippen LogP contribution is -2.43. The smallest absolute Gasteiger partial charge is 0.417 e. The summed E-state index contributed by atoms with van der Waals surface area (Å²) in [6.45, 7) is 8.27. The standard InChI is InChI=1S/C37H40F5N9O2/c1-5-7-21-11-23(32(43)44-13-21)20(4)51-19(3)16-52-34-27-31(47-35(48-33(27)51)53-17-36-8-6-9-50(36)15-22(38)12-36)29(39)30(46-34)26-24-14-45-49-25(24)10-18(2)28(26)37(40,41)42/h10-11,13-14,19-20,22H,5-9,12,15-17H2,1-4H3,(H2,43,44)(H,45,49)/t19-,20?,22?,36-/m0/s1. The van der Waals surface area contributed by atoms with Crippen molar-refractivity contribution in [1.82, 2.24) is 35.0 Å². The van der Waals surface area contributed by atoms with Gasteiger partial charge in [0, 0.05) is 35.7 Å². The molecule has 0 aliphatic carbocycles. The van der Waals surface area contributed by atoms with Crippen LogP contribution in [0.15, 0.2) is 24.5 Å². The number of H-pyrrole nitrogens is 1. The van der Waals surface area contributed by atoms with E-state index in [1.807, 2.05) is 24.8 Å². The second-order valence-corrected chi connectivity index (χ2v) is 14.6. The number of nitrogens with two attached hydrogens (primary N) is 1. The predicted octanol–water partition coefficient (Wildman–Crippen LogP) is 7.27. The van der Waals surface area contributed by atoms with Gasteiger partial charge < -0.3 is 20.1 Å². The summed E-state index contributed by atoms with van der Waals surface area (Å²) in [7, 11) is 0. The predicted molar refractivity (Wildman–Crippen MR) is 189 cm³/mol. The molecule has 0 bridgehead atoms. The maximum absolute atomic E-state index is 17.3. The molecule has 16 heteroatoms. The molecular formula is C37H40F5N9O2. The molecule has 0 amide bonds. The van der Waals surface area contributed by atoms with Gasteiger partial charge in [-0.3, -0.25) is 10.00 Å². The number of hydrogen-bond donors (Lipinski definition) is 2. The zero-order chi connectivity index (χ0) is 37.4. The van der Waals surface area contributed by atoms with E-state index in [9.17, 15) is 17.6 Å². The number of aryl methyl sites for hydroxylation is 2. The van der Waals surface area contributed by atoms with Crippen LogP contribution in [0, 0.1) is 12.7 Å². The molecule has 280 valence electrons. The highest BCUT2D eigenvalue weighted by atomic mass is 19.4. The van der Waals surface area contributed by atoms with Crippen molar-refractivity contribution in [3.8, 4) is 23.1 Å². The number of hydrogen-bond acceptors (Lipinski definition) is 10. The minimum Gasteiger partial charge on any atom is -0.475 e. The van der Waals surface area contributed by atoms with Crippen LogP contribution in [0.25, 0.3) is 33.1 Å². The van der Waals surface area contributed by atoms with Gasteiger partial charge in [-0.25, -0.2) is 18.7 Å². The molecule has 5 aromatic rings. The number of aromatic nitrogens is 6. The van der Waals surface area contributed by atoms with E-state index in [2.05, 4.69) is 37.0 Å². The molecule has 3 aliphatic rings. The molecule has 4 aromatic heterocycles. The zero-order valence-corrected chi connectivity index (χ0v) is 29.8. The SMILES string of the molecule is CCCc1cnc(N)c(C(C)N2c3nc(OC[C@@]45CCCN4CC(F)C5)nc4c(F)c(-c5c(C(F)(F)F)c(C)cc6[nH]ncc56)nc(c34)OC[C@@H]2C)c1. The van der Waals surface area contributed by atoms with Gasteiger partial charge in [0.15, 0.2) is 5.82 Å². The molecule has 53 heavy (non-hydrogen) atoms. The zero-order valence-electron chi connectivity index (χ0n) is 29.8. The van der Waals surface area contributed by atoms with E-state index in [1.54, 1.807) is 6.20 Å². The van der Waals surface area contributed by atoms with Crippen LogP contribution in [0.5, 0.6) is 11.9 Å². The topological polar surface area (TPSA) is 131 Å². The fourth-order valence-electron chi connectivity index (χ4n) is 8.61. The number of nitrogens with zero attached hydrogens (tertiary/aromatic N) is 7. The van der Waals surface area contributed by atoms with E-state index in [0.29, 0.717) is 24.3 Å². The van der Waals surface area contributed by atoms with Gasteiger partial charge in [0.25, 0.3) is 0 Å². The average molecular weight is 738 g/mol. The second-order valence-electron chi connectivity index (χ2n) is 14.6. The first-order chi connectivity index (χ1) is 25.3. The first kappa shape index (κ1) is 35.2. The van der Waals surface area contributed by atoms with Crippen LogP contribution < -0.4 is 20.1 Å². The van der Waals surface area contributed by atoms with E-state index in [4.69, 9.17) is 20.2 Å². The number of rotatable bonds is 8. The Bertz CT molecular complexity index is 2230. The van der Waals surface area contributed by atoms with Crippen LogP contribution in [0.2, 0.25) is 0 Å². The summed E-state index contributed by atoms with van der Waals surface area (Å²) in [6, 6.07) is 2.19. The first-order valence-corrected chi connectivity index (χ1v) is 17.9. The summed E-state index contributed by atoms with van der Waals surface area (Å²) >= 11 is 0. The Balaban J connectivity index is 1.36. The van der Waals surface area contributed by atoms with Crippen LogP contribution in [-0.4, -0.2) is 79.1 Å². The lowest BCUT2D eigenvalue weighted by atomic mass is 9.94. The molecule has 0 spiro atoms. The summed E-state index contributed by atoms with van der Waals surface area (Å²) in [5, 5.41) is 6.75.